The molecule has 0 fully saturated rings. The molecule has 0 atom stereocenters. The van der Waals surface area contributed by atoms with Crippen molar-refractivity contribution < 1.29 is 31.3 Å². The number of hydrogen-bond acceptors (Lipinski definition) is 6. The highest BCUT2D eigenvalue weighted by atomic mass is 32.2. The maximum atomic E-state index is 14.0. The average molecular weight is 415 g/mol. The van der Waals surface area contributed by atoms with Gasteiger partial charge in [-0.1, -0.05) is 25.1 Å². The second-order valence-corrected chi connectivity index (χ2v) is 10.1. The summed E-state index contributed by atoms with van der Waals surface area (Å²) in [5, 5.41) is 3.82. The fourth-order valence-corrected chi connectivity index (χ4v) is 4.15. The SMILES string of the molecule is COCC(C)(C)c1cc(CC(=O)C(C)(C)S(=O)(=O)c2cccc(F)c2F)no1. The molecule has 6 nitrogen and oxygen atoms in total. The molecule has 0 N–H and O–H groups in total. The van der Waals surface area contributed by atoms with Gasteiger partial charge >= 0.3 is 0 Å². The summed E-state index contributed by atoms with van der Waals surface area (Å²) in [7, 11) is -2.94. The molecule has 2 rings (SSSR count). The zero-order valence-corrected chi connectivity index (χ0v) is 17.2. The summed E-state index contributed by atoms with van der Waals surface area (Å²) in [6.45, 7) is 6.40. The number of ketones is 1. The topological polar surface area (TPSA) is 86.5 Å². The van der Waals surface area contributed by atoms with Gasteiger partial charge < -0.3 is 9.26 Å². The Morgan fingerprint density at radius 2 is 1.86 bits per heavy atom. The van der Waals surface area contributed by atoms with Crippen LogP contribution in [0.15, 0.2) is 33.7 Å². The van der Waals surface area contributed by atoms with E-state index in [0.29, 0.717) is 12.4 Å². The van der Waals surface area contributed by atoms with Gasteiger partial charge in [0.25, 0.3) is 0 Å². The van der Waals surface area contributed by atoms with Crippen molar-refractivity contribution in [1.29, 1.82) is 0 Å². The van der Waals surface area contributed by atoms with Crippen LogP contribution in [0.1, 0.15) is 39.1 Å². The number of nitrogens with zero attached hydrogens (tertiary/aromatic N) is 1. The first-order valence-electron chi connectivity index (χ1n) is 8.51. The Balaban J connectivity index is 2.30. The van der Waals surface area contributed by atoms with Gasteiger partial charge in [-0.15, -0.1) is 0 Å². The molecule has 28 heavy (non-hydrogen) atoms. The van der Waals surface area contributed by atoms with Crippen molar-refractivity contribution in [3.8, 4) is 0 Å². The Labute approximate surface area is 162 Å². The Bertz CT molecular complexity index is 980. The molecule has 0 spiro atoms. The van der Waals surface area contributed by atoms with Crippen molar-refractivity contribution >= 4 is 15.6 Å². The lowest BCUT2D eigenvalue weighted by Crippen LogP contribution is -2.42. The number of aromatic nitrogens is 1. The largest absolute Gasteiger partial charge is 0.384 e. The van der Waals surface area contributed by atoms with E-state index in [9.17, 15) is 22.0 Å². The van der Waals surface area contributed by atoms with Crippen molar-refractivity contribution in [3.05, 3.63) is 47.4 Å². The van der Waals surface area contributed by atoms with Crippen LogP contribution >= 0.6 is 0 Å². The number of carbonyl (C=O) groups excluding carboxylic acids is 1. The summed E-state index contributed by atoms with van der Waals surface area (Å²) in [4.78, 5) is 11.9. The fraction of sp³-hybridized carbons (Fsp3) is 0.474. The monoisotopic (exact) mass is 415 g/mol. The van der Waals surface area contributed by atoms with Gasteiger partial charge in [-0.3, -0.25) is 4.79 Å². The lowest BCUT2D eigenvalue weighted by molar-refractivity contribution is -0.120. The molecule has 0 saturated carbocycles. The third-order valence-electron chi connectivity index (χ3n) is 4.62. The van der Waals surface area contributed by atoms with Crippen molar-refractivity contribution in [2.75, 3.05) is 13.7 Å². The van der Waals surface area contributed by atoms with Crippen LogP contribution < -0.4 is 0 Å². The predicted octanol–water partition coefficient (Wildman–Crippen LogP) is 3.24. The molecule has 0 amide bonds. The molecular weight excluding hydrogens is 392 g/mol. The number of sulfone groups is 1. The van der Waals surface area contributed by atoms with Gasteiger partial charge in [-0.05, 0) is 26.0 Å². The highest BCUT2D eigenvalue weighted by molar-refractivity contribution is 7.93. The normalized spacial score (nSPS) is 13.0. The zero-order chi connectivity index (χ0) is 21.3. The van der Waals surface area contributed by atoms with E-state index in [1.54, 1.807) is 13.2 Å². The number of Topliss-reactive ketones (excluding diaryl/α,β-unsaturated/α-hetero) is 1. The lowest BCUT2D eigenvalue weighted by atomic mass is 9.91. The number of halogens is 2. The maximum absolute atomic E-state index is 14.0. The molecule has 1 aromatic heterocycles. The minimum Gasteiger partial charge on any atom is -0.384 e. The molecule has 154 valence electrons. The summed E-state index contributed by atoms with van der Waals surface area (Å²) >= 11 is 0. The smallest absolute Gasteiger partial charge is 0.193 e. The van der Waals surface area contributed by atoms with E-state index in [2.05, 4.69) is 5.16 Å². The van der Waals surface area contributed by atoms with E-state index in [-0.39, 0.29) is 12.1 Å². The number of hydrogen-bond donors (Lipinski definition) is 0. The second kappa shape index (κ2) is 7.71. The molecule has 0 radical (unpaired) electrons. The van der Waals surface area contributed by atoms with E-state index in [4.69, 9.17) is 9.26 Å². The average Bonchev–Trinajstić information content (AvgIpc) is 3.06. The van der Waals surface area contributed by atoms with E-state index >= 15 is 0 Å². The van der Waals surface area contributed by atoms with E-state index < -0.39 is 42.3 Å². The second-order valence-electron chi connectivity index (χ2n) is 7.67. The molecule has 2 aromatic rings. The Morgan fingerprint density at radius 1 is 1.21 bits per heavy atom. The van der Waals surface area contributed by atoms with Gasteiger partial charge in [0.2, 0.25) is 0 Å². The zero-order valence-electron chi connectivity index (χ0n) is 16.4. The quantitative estimate of drug-likeness (QED) is 0.658. The van der Waals surface area contributed by atoms with Crippen molar-refractivity contribution in [1.82, 2.24) is 5.16 Å². The predicted molar refractivity (Wildman–Crippen MR) is 97.7 cm³/mol. The van der Waals surface area contributed by atoms with Gasteiger partial charge in [0.05, 0.1) is 18.7 Å². The minimum atomic E-state index is -4.48. The third-order valence-corrected chi connectivity index (χ3v) is 7.09. The van der Waals surface area contributed by atoms with Gasteiger partial charge in [0.15, 0.2) is 27.3 Å². The van der Waals surface area contributed by atoms with E-state index in [1.165, 1.54) is 0 Å². The molecule has 0 bridgehead atoms. The first kappa shape index (κ1) is 22.2. The molecule has 9 heteroatoms. The van der Waals surface area contributed by atoms with Crippen LogP contribution in [-0.2, 0) is 31.2 Å². The standard InChI is InChI=1S/C19H23F2NO5S/c1-18(2,11-26-5)16-10-12(22-27-16)9-15(23)19(3,4)28(24,25)14-8-6-7-13(20)17(14)21/h6-8,10H,9,11H2,1-5H3. The summed E-state index contributed by atoms with van der Waals surface area (Å²) in [5.41, 5.74) is -0.248. The van der Waals surface area contributed by atoms with Crippen molar-refractivity contribution in [2.45, 2.75) is 49.2 Å². The fourth-order valence-electron chi connectivity index (χ4n) is 2.64. The Morgan fingerprint density at radius 3 is 2.46 bits per heavy atom. The number of carbonyl (C=O) groups is 1. The summed E-state index contributed by atoms with van der Waals surface area (Å²) in [5.74, 6) is -3.05. The molecule has 0 aliphatic heterocycles. The Kier molecular flexibility index (Phi) is 6.10. The van der Waals surface area contributed by atoms with Gasteiger partial charge in [0, 0.05) is 18.6 Å². The van der Waals surface area contributed by atoms with Crippen LogP contribution in [0.4, 0.5) is 8.78 Å². The Hall–Kier alpha value is -2.13. The maximum Gasteiger partial charge on any atom is 0.193 e. The molecule has 1 aromatic carbocycles. The summed E-state index contributed by atoms with van der Waals surface area (Å²) in [6, 6.07) is 4.38. The molecule has 1 heterocycles. The van der Waals surface area contributed by atoms with Crippen LogP contribution in [0.2, 0.25) is 0 Å². The van der Waals surface area contributed by atoms with Gasteiger partial charge in [-0.2, -0.15) is 0 Å². The lowest BCUT2D eigenvalue weighted by Gasteiger charge is -2.23. The van der Waals surface area contributed by atoms with Gasteiger partial charge in [0.1, 0.15) is 15.4 Å². The minimum absolute atomic E-state index is 0.243. The molecule has 0 aliphatic rings. The van der Waals surface area contributed by atoms with Crippen molar-refractivity contribution in [2.24, 2.45) is 0 Å². The van der Waals surface area contributed by atoms with Crippen molar-refractivity contribution in [3.63, 3.8) is 0 Å². The number of rotatable bonds is 8. The molecule has 0 aliphatic carbocycles. The molecule has 0 unspecified atom stereocenters. The van der Waals surface area contributed by atoms with Crippen LogP contribution in [0, 0.1) is 11.6 Å². The molecule has 0 saturated heterocycles. The third kappa shape index (κ3) is 4.00. The number of ether oxygens (including phenoxy) is 1. The highest BCUT2D eigenvalue weighted by Crippen LogP contribution is 2.31. The van der Waals surface area contributed by atoms with E-state index in [0.717, 1.165) is 32.0 Å². The first-order chi connectivity index (χ1) is 12.8. The summed E-state index contributed by atoms with van der Waals surface area (Å²) < 4.78 is 61.5. The summed E-state index contributed by atoms with van der Waals surface area (Å²) in [6.07, 6.45) is -0.338. The van der Waals surface area contributed by atoms with Crippen LogP contribution in [0.5, 0.6) is 0 Å². The van der Waals surface area contributed by atoms with Crippen LogP contribution in [0.25, 0.3) is 0 Å². The number of methoxy groups -OCH3 is 1. The number of benzene rings is 1. The first-order valence-corrected chi connectivity index (χ1v) is 10.00. The molecular formula is C19H23F2NO5S. The van der Waals surface area contributed by atoms with Gasteiger partial charge in [-0.25, -0.2) is 17.2 Å². The van der Waals surface area contributed by atoms with Crippen LogP contribution in [0.3, 0.4) is 0 Å². The van der Waals surface area contributed by atoms with E-state index in [1.807, 2.05) is 13.8 Å². The van der Waals surface area contributed by atoms with Crippen LogP contribution in [-0.4, -0.2) is 37.8 Å². The highest BCUT2D eigenvalue weighted by Gasteiger charge is 2.44.